The molecule has 1 aromatic rings. The van der Waals surface area contributed by atoms with Crippen molar-refractivity contribution in [2.45, 2.75) is 51.4 Å². The molecule has 0 saturated carbocycles. The summed E-state index contributed by atoms with van der Waals surface area (Å²) in [4.78, 5) is 13.9. The monoisotopic (exact) mass is 379 g/mol. The number of hydrogen-bond acceptors (Lipinski definition) is 5. The van der Waals surface area contributed by atoms with E-state index in [0.29, 0.717) is 44.3 Å². The van der Waals surface area contributed by atoms with Crippen molar-refractivity contribution in [1.82, 2.24) is 0 Å². The molecule has 144 valence electrons. The summed E-state index contributed by atoms with van der Waals surface area (Å²) in [7, 11) is -1.78. The summed E-state index contributed by atoms with van der Waals surface area (Å²) in [5.74, 6) is 1.39. The van der Waals surface area contributed by atoms with Gasteiger partial charge in [0, 0.05) is 19.1 Å². The molecular weight excluding hydrogens is 350 g/mol. The van der Waals surface area contributed by atoms with Gasteiger partial charge in [0.1, 0.15) is 19.3 Å². The molecule has 1 aromatic carbocycles. The van der Waals surface area contributed by atoms with Gasteiger partial charge in [0.2, 0.25) is 0 Å². The first-order chi connectivity index (χ1) is 12.2. The Morgan fingerprint density at radius 3 is 2.58 bits per heavy atom. The van der Waals surface area contributed by atoms with E-state index in [0.717, 1.165) is 5.69 Å². The summed E-state index contributed by atoms with van der Waals surface area (Å²) < 4.78 is 22.9. The molecule has 0 N–H and O–H groups in total. The highest BCUT2D eigenvalue weighted by Crippen LogP contribution is 2.37. The summed E-state index contributed by atoms with van der Waals surface area (Å²) in [6.07, 6.45) is 0.235. The molecule has 1 atom stereocenters. The molecule has 0 radical (unpaired) electrons. The molecule has 0 aromatic heterocycles. The molecule has 2 heterocycles. The fourth-order valence-corrected chi connectivity index (χ4v) is 3.81. The minimum Gasteiger partial charge on any atom is -0.486 e. The van der Waals surface area contributed by atoms with Crippen LogP contribution in [-0.2, 0) is 9.16 Å². The molecule has 1 unspecified atom stereocenters. The van der Waals surface area contributed by atoms with E-state index >= 15 is 0 Å². The number of amides is 1. The van der Waals surface area contributed by atoms with Crippen LogP contribution in [0.25, 0.3) is 0 Å². The SMILES string of the molecule is CC(C)(C)[Si](C)(C)OCCC1CN(c2ccc3c(c2)OCCO3)C(=O)O1. The lowest BCUT2D eigenvalue weighted by atomic mass is 10.2. The minimum atomic E-state index is -1.78. The Morgan fingerprint density at radius 1 is 1.19 bits per heavy atom. The molecule has 26 heavy (non-hydrogen) atoms. The van der Waals surface area contributed by atoms with E-state index in [4.69, 9.17) is 18.6 Å². The topological polar surface area (TPSA) is 57.2 Å². The zero-order valence-electron chi connectivity index (χ0n) is 16.3. The molecule has 0 bridgehead atoms. The number of carbonyl (C=O) groups is 1. The van der Waals surface area contributed by atoms with Crippen LogP contribution < -0.4 is 14.4 Å². The maximum Gasteiger partial charge on any atom is 0.414 e. The Balaban J connectivity index is 1.57. The molecule has 0 spiro atoms. The van der Waals surface area contributed by atoms with Gasteiger partial charge in [-0.15, -0.1) is 0 Å². The second-order valence-corrected chi connectivity index (χ2v) is 13.2. The summed E-state index contributed by atoms with van der Waals surface area (Å²) in [6, 6.07) is 5.54. The molecule has 2 aliphatic heterocycles. The van der Waals surface area contributed by atoms with Gasteiger partial charge in [-0.3, -0.25) is 4.90 Å². The van der Waals surface area contributed by atoms with Gasteiger partial charge < -0.3 is 18.6 Å². The number of rotatable bonds is 5. The maximum absolute atomic E-state index is 12.3. The van der Waals surface area contributed by atoms with Crippen LogP contribution in [0.1, 0.15) is 27.2 Å². The Hall–Kier alpha value is -1.73. The van der Waals surface area contributed by atoms with E-state index in [1.165, 1.54) is 0 Å². The lowest BCUT2D eigenvalue weighted by Crippen LogP contribution is -2.41. The van der Waals surface area contributed by atoms with E-state index < -0.39 is 8.32 Å². The van der Waals surface area contributed by atoms with Gasteiger partial charge in [-0.2, -0.15) is 0 Å². The van der Waals surface area contributed by atoms with Crippen LogP contribution in [0.5, 0.6) is 11.5 Å². The molecule has 3 rings (SSSR count). The highest BCUT2D eigenvalue weighted by Gasteiger charge is 2.38. The van der Waals surface area contributed by atoms with Crippen LogP contribution in [0.4, 0.5) is 10.5 Å². The number of carbonyl (C=O) groups excluding carboxylic acids is 1. The first-order valence-corrected chi connectivity index (χ1v) is 12.1. The van der Waals surface area contributed by atoms with Crippen LogP contribution >= 0.6 is 0 Å². The van der Waals surface area contributed by atoms with Gasteiger partial charge >= 0.3 is 6.09 Å². The van der Waals surface area contributed by atoms with Gasteiger partial charge in [-0.05, 0) is 30.3 Å². The van der Waals surface area contributed by atoms with E-state index in [1.54, 1.807) is 4.90 Å². The lowest BCUT2D eigenvalue weighted by Gasteiger charge is -2.36. The van der Waals surface area contributed by atoms with Crippen molar-refractivity contribution in [3.05, 3.63) is 18.2 Å². The molecule has 1 fully saturated rings. The van der Waals surface area contributed by atoms with E-state index in [9.17, 15) is 4.79 Å². The number of hydrogen-bond donors (Lipinski definition) is 0. The van der Waals surface area contributed by atoms with Crippen LogP contribution in [0.2, 0.25) is 18.1 Å². The summed E-state index contributed by atoms with van der Waals surface area (Å²) in [5.41, 5.74) is 0.770. The van der Waals surface area contributed by atoms with Crippen LogP contribution in [0, 0.1) is 0 Å². The summed E-state index contributed by atoms with van der Waals surface area (Å²) >= 11 is 0. The van der Waals surface area contributed by atoms with Crippen molar-refractivity contribution in [1.29, 1.82) is 0 Å². The van der Waals surface area contributed by atoms with Crippen molar-refractivity contribution < 1.29 is 23.4 Å². The van der Waals surface area contributed by atoms with E-state index in [-0.39, 0.29) is 17.2 Å². The van der Waals surface area contributed by atoms with Gasteiger partial charge in [0.15, 0.2) is 19.8 Å². The molecular formula is C19H29NO5Si. The van der Waals surface area contributed by atoms with Crippen LogP contribution in [0.15, 0.2) is 18.2 Å². The largest absolute Gasteiger partial charge is 0.486 e. The highest BCUT2D eigenvalue weighted by atomic mass is 28.4. The van der Waals surface area contributed by atoms with Gasteiger partial charge in [-0.1, -0.05) is 20.8 Å². The average molecular weight is 380 g/mol. The normalized spacial score (nSPS) is 20.3. The summed E-state index contributed by atoms with van der Waals surface area (Å²) in [5, 5.41) is 0.177. The number of fused-ring (bicyclic) bond motifs is 1. The quantitative estimate of drug-likeness (QED) is 0.718. The van der Waals surface area contributed by atoms with Crippen LogP contribution in [0.3, 0.4) is 0 Å². The molecule has 1 amide bonds. The van der Waals surface area contributed by atoms with Crippen molar-refractivity contribution in [2.24, 2.45) is 0 Å². The molecule has 2 aliphatic rings. The van der Waals surface area contributed by atoms with Gasteiger partial charge in [0.05, 0.1) is 12.2 Å². The Kier molecular flexibility index (Phi) is 5.21. The number of anilines is 1. The highest BCUT2D eigenvalue weighted by molar-refractivity contribution is 6.74. The zero-order chi connectivity index (χ0) is 18.9. The lowest BCUT2D eigenvalue weighted by molar-refractivity contribution is 0.123. The fourth-order valence-electron chi connectivity index (χ4n) is 2.74. The fraction of sp³-hybridized carbons (Fsp3) is 0.632. The van der Waals surface area contributed by atoms with E-state index in [2.05, 4.69) is 33.9 Å². The van der Waals surface area contributed by atoms with Gasteiger partial charge in [0.25, 0.3) is 0 Å². The molecule has 1 saturated heterocycles. The third kappa shape index (κ3) is 3.99. The smallest absolute Gasteiger partial charge is 0.414 e. The predicted octanol–water partition coefficient (Wildman–Crippen LogP) is 4.19. The number of cyclic esters (lactones) is 1. The standard InChI is InChI=1S/C19H29NO5Si/c1-19(2,3)26(4,5)24-9-8-15-13-20(18(21)25-15)14-6-7-16-17(12-14)23-11-10-22-16/h6-7,12,15H,8-11,13H2,1-5H3. The third-order valence-corrected chi connectivity index (χ3v) is 9.96. The van der Waals surface area contributed by atoms with Crippen molar-refractivity contribution >= 4 is 20.1 Å². The van der Waals surface area contributed by atoms with Crippen molar-refractivity contribution in [2.75, 3.05) is 31.3 Å². The Morgan fingerprint density at radius 2 is 1.88 bits per heavy atom. The first-order valence-electron chi connectivity index (χ1n) is 9.19. The van der Waals surface area contributed by atoms with E-state index in [1.807, 2.05) is 18.2 Å². The van der Waals surface area contributed by atoms with Gasteiger partial charge in [-0.25, -0.2) is 4.79 Å². The second kappa shape index (κ2) is 7.11. The number of ether oxygens (including phenoxy) is 3. The maximum atomic E-state index is 12.3. The molecule has 0 aliphatic carbocycles. The Bertz CT molecular complexity index is 670. The minimum absolute atomic E-state index is 0.152. The average Bonchev–Trinajstić information content (AvgIpc) is 2.94. The van der Waals surface area contributed by atoms with Crippen LogP contribution in [-0.4, -0.2) is 46.9 Å². The zero-order valence-corrected chi connectivity index (χ0v) is 17.3. The number of nitrogens with zero attached hydrogens (tertiary/aromatic N) is 1. The second-order valence-electron chi connectivity index (χ2n) is 8.34. The Labute approximate surface area is 156 Å². The van der Waals surface area contributed by atoms with Crippen molar-refractivity contribution in [3.63, 3.8) is 0 Å². The third-order valence-electron chi connectivity index (χ3n) is 5.42. The molecule has 7 heteroatoms. The molecule has 6 nitrogen and oxygen atoms in total. The number of benzene rings is 1. The summed E-state index contributed by atoms with van der Waals surface area (Å²) in [6.45, 7) is 13.3. The first kappa shape index (κ1) is 19.0. The predicted molar refractivity (Wildman–Crippen MR) is 103 cm³/mol. The van der Waals surface area contributed by atoms with Crippen molar-refractivity contribution in [3.8, 4) is 11.5 Å².